The van der Waals surface area contributed by atoms with Crippen LogP contribution >= 0.6 is 0 Å². The van der Waals surface area contributed by atoms with Gasteiger partial charge in [0.25, 0.3) is 0 Å². The highest BCUT2D eigenvalue weighted by Crippen LogP contribution is 2.31. The van der Waals surface area contributed by atoms with E-state index in [-0.39, 0.29) is 17.4 Å². The zero-order valence-electron chi connectivity index (χ0n) is 12.9. The molecule has 1 aliphatic heterocycles. The van der Waals surface area contributed by atoms with E-state index in [1.54, 1.807) is 12.3 Å². The molecule has 1 aliphatic rings. The third kappa shape index (κ3) is 3.54. The van der Waals surface area contributed by atoms with Crippen molar-refractivity contribution < 1.29 is 9.18 Å². The molecule has 4 nitrogen and oxygen atoms in total. The molecule has 3 rings (SSSR count). The first kappa shape index (κ1) is 15.2. The molecular formula is C18H16FN3O. The number of nitrogens with zero attached hydrogens (tertiary/aromatic N) is 2. The maximum absolute atomic E-state index is 12.7. The maximum atomic E-state index is 12.7. The zero-order chi connectivity index (χ0) is 16.4. The Bertz CT molecular complexity index is 786. The van der Waals surface area contributed by atoms with Crippen molar-refractivity contribution in [1.29, 1.82) is 0 Å². The second-order valence-electron chi connectivity index (χ2n) is 6.22. The third-order valence-electron chi connectivity index (χ3n) is 3.71. The van der Waals surface area contributed by atoms with Crippen molar-refractivity contribution in [3.63, 3.8) is 0 Å². The van der Waals surface area contributed by atoms with Crippen LogP contribution < -0.4 is 5.32 Å². The highest BCUT2D eigenvalue weighted by molar-refractivity contribution is 5.86. The second-order valence-corrected chi connectivity index (χ2v) is 6.22. The van der Waals surface area contributed by atoms with Crippen LogP contribution in [0.3, 0.4) is 0 Å². The molecule has 5 heteroatoms. The highest BCUT2D eigenvalue weighted by atomic mass is 19.1. The molecule has 23 heavy (non-hydrogen) atoms. The minimum absolute atomic E-state index is 0.0127. The molecular weight excluding hydrogens is 293 g/mol. The predicted octanol–water partition coefficient (Wildman–Crippen LogP) is 2.40. The van der Waals surface area contributed by atoms with Gasteiger partial charge >= 0.3 is 0 Å². The van der Waals surface area contributed by atoms with Gasteiger partial charge in [-0.1, -0.05) is 11.8 Å². The summed E-state index contributed by atoms with van der Waals surface area (Å²) in [6.07, 6.45) is 3.76. The Balaban J connectivity index is 1.76. The molecule has 2 aromatic heterocycles. The van der Waals surface area contributed by atoms with Gasteiger partial charge in [-0.2, -0.15) is 4.39 Å². The quantitative estimate of drug-likeness (QED) is 0.650. The van der Waals surface area contributed by atoms with Crippen molar-refractivity contribution >= 4 is 5.91 Å². The van der Waals surface area contributed by atoms with Crippen molar-refractivity contribution in [2.45, 2.75) is 31.7 Å². The fourth-order valence-electron chi connectivity index (χ4n) is 2.59. The summed E-state index contributed by atoms with van der Waals surface area (Å²) in [5, 5.41) is 2.96. The van der Waals surface area contributed by atoms with Gasteiger partial charge in [-0.3, -0.25) is 9.78 Å². The first-order chi connectivity index (χ1) is 10.9. The van der Waals surface area contributed by atoms with E-state index < -0.39 is 5.95 Å². The average molecular weight is 309 g/mol. The number of aromatic nitrogens is 2. The molecule has 1 fully saturated rings. The van der Waals surface area contributed by atoms with Crippen molar-refractivity contribution in [2.75, 3.05) is 0 Å². The molecule has 0 aliphatic carbocycles. The maximum Gasteiger partial charge on any atom is 0.229 e. The molecule has 1 N–H and O–H groups in total. The Kier molecular flexibility index (Phi) is 3.83. The van der Waals surface area contributed by atoms with Crippen LogP contribution in [0.2, 0.25) is 0 Å². The van der Waals surface area contributed by atoms with Gasteiger partial charge in [0.15, 0.2) is 0 Å². The number of hydrogen-bond donors (Lipinski definition) is 1. The van der Waals surface area contributed by atoms with Crippen LogP contribution in [0.1, 0.15) is 43.0 Å². The van der Waals surface area contributed by atoms with Crippen LogP contribution in [0, 0.1) is 17.8 Å². The van der Waals surface area contributed by atoms with Gasteiger partial charge in [-0.25, -0.2) is 4.98 Å². The third-order valence-corrected chi connectivity index (χ3v) is 3.71. The van der Waals surface area contributed by atoms with E-state index in [2.05, 4.69) is 27.1 Å². The van der Waals surface area contributed by atoms with E-state index in [1.165, 1.54) is 12.3 Å². The van der Waals surface area contributed by atoms with Crippen LogP contribution in [0.4, 0.5) is 4.39 Å². The monoisotopic (exact) mass is 309 g/mol. The van der Waals surface area contributed by atoms with Gasteiger partial charge in [-0.05, 0) is 44.5 Å². The summed E-state index contributed by atoms with van der Waals surface area (Å²) in [4.78, 5) is 19.9. The van der Waals surface area contributed by atoms with Gasteiger partial charge in [-0.15, -0.1) is 0 Å². The largest absolute Gasteiger partial charge is 0.351 e. The Labute approximate surface area is 134 Å². The topological polar surface area (TPSA) is 54.9 Å². The summed E-state index contributed by atoms with van der Waals surface area (Å²) in [5.41, 5.74) is 1.92. The molecule has 0 radical (unpaired) electrons. The molecule has 116 valence electrons. The summed E-state index contributed by atoms with van der Waals surface area (Å²) < 4.78 is 12.7. The molecule has 0 aromatic carbocycles. The Morgan fingerprint density at radius 3 is 2.26 bits per heavy atom. The number of nitrogens with one attached hydrogen (secondary N) is 1. The predicted molar refractivity (Wildman–Crippen MR) is 84.0 cm³/mol. The number of rotatable bonds is 1. The average Bonchev–Trinajstić information content (AvgIpc) is 2.80. The van der Waals surface area contributed by atoms with Crippen molar-refractivity contribution in [3.8, 4) is 11.8 Å². The number of hydrogen-bond acceptors (Lipinski definition) is 3. The lowest BCUT2D eigenvalue weighted by molar-refractivity contribution is -0.120. The SMILES string of the molecule is CC1(C)CC(c2ccc(C#Cc3ccc(F)nc3)cn2)C(=O)N1. The standard InChI is InChI=1S/C18H16FN3O/c1-18(2)9-14(17(23)22-18)15-7-5-12(10-20-15)3-4-13-6-8-16(19)21-11-13/h5-8,10-11,14H,9H2,1-2H3,(H,22,23). The van der Waals surface area contributed by atoms with E-state index in [1.807, 2.05) is 26.0 Å². The lowest BCUT2D eigenvalue weighted by Gasteiger charge is -2.16. The van der Waals surface area contributed by atoms with E-state index in [0.29, 0.717) is 5.56 Å². The van der Waals surface area contributed by atoms with Crippen molar-refractivity contribution in [1.82, 2.24) is 15.3 Å². The number of halogens is 1. The minimum Gasteiger partial charge on any atom is -0.351 e. The van der Waals surface area contributed by atoms with Gasteiger partial charge in [0.2, 0.25) is 11.9 Å². The van der Waals surface area contributed by atoms with Crippen LogP contribution in [-0.4, -0.2) is 21.4 Å². The molecule has 3 heterocycles. The van der Waals surface area contributed by atoms with E-state index in [0.717, 1.165) is 17.7 Å². The molecule has 0 saturated carbocycles. The first-order valence-corrected chi connectivity index (χ1v) is 7.34. The molecule has 0 bridgehead atoms. The van der Waals surface area contributed by atoms with Gasteiger partial charge < -0.3 is 5.32 Å². The lowest BCUT2D eigenvalue weighted by atomic mass is 9.94. The summed E-state index contributed by atoms with van der Waals surface area (Å²) in [5.74, 6) is 5.12. The number of amides is 1. The smallest absolute Gasteiger partial charge is 0.229 e. The fourth-order valence-corrected chi connectivity index (χ4v) is 2.59. The molecule has 0 spiro atoms. The summed E-state index contributed by atoms with van der Waals surface area (Å²) in [6.45, 7) is 4.00. The molecule has 1 saturated heterocycles. The summed E-state index contributed by atoms with van der Waals surface area (Å²) >= 11 is 0. The number of pyridine rings is 2. The Morgan fingerprint density at radius 2 is 1.78 bits per heavy atom. The van der Waals surface area contributed by atoms with Crippen molar-refractivity contribution in [3.05, 3.63) is 59.4 Å². The summed E-state index contributed by atoms with van der Waals surface area (Å²) in [7, 11) is 0. The van der Waals surface area contributed by atoms with Crippen LogP contribution in [0.25, 0.3) is 0 Å². The Morgan fingerprint density at radius 1 is 1.13 bits per heavy atom. The van der Waals surface area contributed by atoms with Crippen LogP contribution in [-0.2, 0) is 4.79 Å². The van der Waals surface area contributed by atoms with Gasteiger partial charge in [0, 0.05) is 29.1 Å². The first-order valence-electron chi connectivity index (χ1n) is 7.34. The number of carbonyl (C=O) groups is 1. The van der Waals surface area contributed by atoms with Crippen molar-refractivity contribution in [2.24, 2.45) is 0 Å². The van der Waals surface area contributed by atoms with E-state index in [4.69, 9.17) is 0 Å². The normalized spacial score (nSPS) is 18.9. The van der Waals surface area contributed by atoms with E-state index >= 15 is 0 Å². The number of carbonyl (C=O) groups excluding carboxylic acids is 1. The highest BCUT2D eigenvalue weighted by Gasteiger charge is 2.38. The molecule has 1 amide bonds. The van der Waals surface area contributed by atoms with Gasteiger partial charge in [0.1, 0.15) is 0 Å². The fraction of sp³-hybridized carbons (Fsp3) is 0.278. The molecule has 1 atom stereocenters. The van der Waals surface area contributed by atoms with Crippen LogP contribution in [0.5, 0.6) is 0 Å². The second kappa shape index (κ2) is 5.81. The minimum atomic E-state index is -0.528. The van der Waals surface area contributed by atoms with Crippen LogP contribution in [0.15, 0.2) is 36.7 Å². The molecule has 2 aromatic rings. The lowest BCUT2D eigenvalue weighted by Crippen LogP contribution is -2.34. The van der Waals surface area contributed by atoms with E-state index in [9.17, 15) is 9.18 Å². The zero-order valence-corrected chi connectivity index (χ0v) is 12.9. The Hall–Kier alpha value is -2.74. The molecule has 1 unspecified atom stereocenters. The van der Waals surface area contributed by atoms with Gasteiger partial charge in [0.05, 0.1) is 11.6 Å². The summed E-state index contributed by atoms with van der Waals surface area (Å²) in [6, 6.07) is 6.51.